The van der Waals surface area contributed by atoms with Gasteiger partial charge in [0.25, 0.3) is 0 Å². The van der Waals surface area contributed by atoms with Crippen LogP contribution >= 0.6 is 0 Å². The molecular formula is C15H18N2O3. The zero-order valence-electron chi connectivity index (χ0n) is 11.2. The molecule has 0 amide bonds. The van der Waals surface area contributed by atoms with Crippen molar-refractivity contribution >= 4 is 17.0 Å². The quantitative estimate of drug-likeness (QED) is 0.900. The molecule has 2 N–H and O–H groups in total. The average molecular weight is 274 g/mol. The summed E-state index contributed by atoms with van der Waals surface area (Å²) < 4.78 is 2.03. The minimum Gasteiger partial charge on any atom is -0.478 e. The van der Waals surface area contributed by atoms with E-state index in [1.165, 1.54) is 0 Å². The highest BCUT2D eigenvalue weighted by Gasteiger charge is 2.21. The Labute approximate surface area is 116 Å². The summed E-state index contributed by atoms with van der Waals surface area (Å²) in [4.78, 5) is 15.4. The molecule has 0 saturated heterocycles. The predicted octanol–water partition coefficient (Wildman–Crippen LogP) is 2.29. The van der Waals surface area contributed by atoms with E-state index in [0.717, 1.165) is 37.7 Å². The Bertz CT molecular complexity index is 627. The fourth-order valence-electron chi connectivity index (χ4n) is 3.01. The summed E-state index contributed by atoms with van der Waals surface area (Å²) in [6.07, 6.45) is 5.32. The van der Waals surface area contributed by atoms with E-state index in [1.807, 2.05) is 10.6 Å². The summed E-state index contributed by atoms with van der Waals surface area (Å²) in [7, 11) is 0. The number of hydrogen-bond donors (Lipinski definition) is 2. The molecule has 0 bridgehead atoms. The van der Waals surface area contributed by atoms with E-state index in [4.69, 9.17) is 5.11 Å². The van der Waals surface area contributed by atoms with Crippen LogP contribution in [-0.4, -0.2) is 31.8 Å². The molecule has 20 heavy (non-hydrogen) atoms. The predicted molar refractivity (Wildman–Crippen MR) is 74.7 cm³/mol. The van der Waals surface area contributed by atoms with E-state index < -0.39 is 5.97 Å². The number of carboxylic acids is 1. The molecule has 1 fully saturated rings. The first-order chi connectivity index (χ1) is 9.65. The van der Waals surface area contributed by atoms with Crippen LogP contribution in [0.3, 0.4) is 0 Å². The Balaban J connectivity index is 1.86. The Morgan fingerprint density at radius 2 is 2.05 bits per heavy atom. The molecule has 1 aromatic carbocycles. The van der Waals surface area contributed by atoms with E-state index in [0.29, 0.717) is 11.4 Å². The molecule has 2 aromatic rings. The van der Waals surface area contributed by atoms with Crippen molar-refractivity contribution in [1.29, 1.82) is 0 Å². The number of fused-ring (bicyclic) bond motifs is 1. The number of aromatic nitrogens is 2. The van der Waals surface area contributed by atoms with Gasteiger partial charge in [-0.2, -0.15) is 0 Å². The third kappa shape index (κ3) is 2.41. The van der Waals surface area contributed by atoms with Gasteiger partial charge in [-0.25, -0.2) is 9.78 Å². The Morgan fingerprint density at radius 3 is 2.75 bits per heavy atom. The number of imidazole rings is 1. The monoisotopic (exact) mass is 274 g/mol. The normalized spacial score (nSPS) is 23.1. The van der Waals surface area contributed by atoms with Crippen LogP contribution in [0.25, 0.3) is 11.0 Å². The lowest BCUT2D eigenvalue weighted by Crippen LogP contribution is -2.21. The fraction of sp³-hybridized carbons (Fsp3) is 0.467. The molecule has 1 saturated carbocycles. The van der Waals surface area contributed by atoms with Crippen molar-refractivity contribution in [2.24, 2.45) is 5.92 Å². The maximum atomic E-state index is 11.2. The SMILES string of the molecule is O=C(O)c1cccc2c1ncn2CC1CCC(O)CC1. The van der Waals surface area contributed by atoms with Gasteiger partial charge in [-0.1, -0.05) is 6.07 Å². The summed E-state index contributed by atoms with van der Waals surface area (Å²) in [6, 6.07) is 5.25. The topological polar surface area (TPSA) is 75.3 Å². The second-order valence-electron chi connectivity index (χ2n) is 5.55. The van der Waals surface area contributed by atoms with Crippen LogP contribution in [0.2, 0.25) is 0 Å². The van der Waals surface area contributed by atoms with E-state index in [1.54, 1.807) is 18.5 Å². The van der Waals surface area contributed by atoms with Crippen molar-refractivity contribution in [3.8, 4) is 0 Å². The average Bonchev–Trinajstić information content (AvgIpc) is 2.84. The summed E-state index contributed by atoms with van der Waals surface area (Å²) in [5.41, 5.74) is 1.67. The molecule has 1 aromatic heterocycles. The van der Waals surface area contributed by atoms with Crippen molar-refractivity contribution in [2.45, 2.75) is 38.3 Å². The van der Waals surface area contributed by atoms with Gasteiger partial charge in [0.1, 0.15) is 5.52 Å². The smallest absolute Gasteiger partial charge is 0.337 e. The lowest BCUT2D eigenvalue weighted by Gasteiger charge is -2.25. The first kappa shape index (κ1) is 13.1. The molecule has 3 rings (SSSR count). The second kappa shape index (κ2) is 5.25. The Hall–Kier alpha value is -1.88. The zero-order chi connectivity index (χ0) is 14.1. The number of rotatable bonds is 3. The van der Waals surface area contributed by atoms with Gasteiger partial charge in [0.05, 0.1) is 23.5 Å². The van der Waals surface area contributed by atoms with E-state index in [-0.39, 0.29) is 11.7 Å². The molecule has 1 aliphatic rings. The Morgan fingerprint density at radius 1 is 1.30 bits per heavy atom. The van der Waals surface area contributed by atoms with Crippen molar-refractivity contribution < 1.29 is 15.0 Å². The highest BCUT2D eigenvalue weighted by Crippen LogP contribution is 2.27. The number of nitrogens with zero attached hydrogens (tertiary/aromatic N) is 2. The highest BCUT2D eigenvalue weighted by molar-refractivity contribution is 6.00. The van der Waals surface area contributed by atoms with Crippen LogP contribution in [0.15, 0.2) is 24.5 Å². The summed E-state index contributed by atoms with van der Waals surface area (Å²) >= 11 is 0. The summed E-state index contributed by atoms with van der Waals surface area (Å²) in [5.74, 6) is -0.411. The molecule has 1 aliphatic carbocycles. The van der Waals surface area contributed by atoms with E-state index in [9.17, 15) is 9.90 Å². The molecule has 0 radical (unpaired) electrons. The van der Waals surface area contributed by atoms with Crippen LogP contribution in [0.5, 0.6) is 0 Å². The molecule has 0 aliphatic heterocycles. The van der Waals surface area contributed by atoms with Gasteiger partial charge in [-0.3, -0.25) is 0 Å². The van der Waals surface area contributed by atoms with Gasteiger partial charge in [-0.05, 0) is 43.7 Å². The number of aliphatic hydroxyl groups excluding tert-OH is 1. The van der Waals surface area contributed by atoms with Crippen molar-refractivity contribution in [2.75, 3.05) is 0 Å². The van der Waals surface area contributed by atoms with Crippen LogP contribution in [0, 0.1) is 5.92 Å². The molecule has 0 unspecified atom stereocenters. The highest BCUT2D eigenvalue weighted by atomic mass is 16.4. The molecule has 0 atom stereocenters. The number of hydrogen-bond acceptors (Lipinski definition) is 3. The third-order valence-electron chi connectivity index (χ3n) is 4.15. The van der Waals surface area contributed by atoms with Crippen LogP contribution in [0.1, 0.15) is 36.0 Å². The standard InChI is InChI=1S/C15H18N2O3/c18-11-6-4-10(5-7-11)8-17-9-16-14-12(15(19)20)2-1-3-13(14)17/h1-3,9-11,18H,4-8H2,(H,19,20). The van der Waals surface area contributed by atoms with Crippen LogP contribution in [-0.2, 0) is 6.54 Å². The number of aromatic carboxylic acids is 1. The minimum absolute atomic E-state index is 0.149. The van der Waals surface area contributed by atoms with Gasteiger partial charge in [0, 0.05) is 6.54 Å². The largest absolute Gasteiger partial charge is 0.478 e. The first-order valence-electron chi connectivity index (χ1n) is 7.00. The third-order valence-corrected chi connectivity index (χ3v) is 4.15. The van der Waals surface area contributed by atoms with Crippen molar-refractivity contribution in [1.82, 2.24) is 9.55 Å². The van der Waals surface area contributed by atoms with E-state index >= 15 is 0 Å². The van der Waals surface area contributed by atoms with Gasteiger partial charge < -0.3 is 14.8 Å². The van der Waals surface area contributed by atoms with Crippen LogP contribution in [0.4, 0.5) is 0 Å². The minimum atomic E-state index is -0.943. The Kier molecular flexibility index (Phi) is 3.44. The number of para-hydroxylation sites is 1. The summed E-state index contributed by atoms with van der Waals surface area (Å²) in [6.45, 7) is 0.840. The molecule has 0 spiro atoms. The number of aliphatic hydroxyl groups is 1. The molecule has 5 nitrogen and oxygen atoms in total. The lowest BCUT2D eigenvalue weighted by molar-refractivity contribution is 0.0698. The maximum absolute atomic E-state index is 11.2. The summed E-state index contributed by atoms with van der Waals surface area (Å²) in [5, 5.41) is 18.7. The zero-order valence-corrected chi connectivity index (χ0v) is 11.2. The molecular weight excluding hydrogens is 256 g/mol. The van der Waals surface area contributed by atoms with Crippen LogP contribution < -0.4 is 0 Å². The second-order valence-corrected chi connectivity index (χ2v) is 5.55. The van der Waals surface area contributed by atoms with Gasteiger partial charge in [0.2, 0.25) is 0 Å². The molecule has 106 valence electrons. The van der Waals surface area contributed by atoms with E-state index in [2.05, 4.69) is 4.98 Å². The van der Waals surface area contributed by atoms with Crippen molar-refractivity contribution in [3.05, 3.63) is 30.1 Å². The van der Waals surface area contributed by atoms with Gasteiger partial charge in [-0.15, -0.1) is 0 Å². The molecule has 1 heterocycles. The molecule has 5 heteroatoms. The van der Waals surface area contributed by atoms with Crippen molar-refractivity contribution in [3.63, 3.8) is 0 Å². The lowest BCUT2D eigenvalue weighted by atomic mass is 9.87. The van der Waals surface area contributed by atoms with Gasteiger partial charge in [0.15, 0.2) is 0 Å². The first-order valence-corrected chi connectivity index (χ1v) is 7.00. The maximum Gasteiger partial charge on any atom is 0.337 e. The van der Waals surface area contributed by atoms with Gasteiger partial charge >= 0.3 is 5.97 Å². The fourth-order valence-corrected chi connectivity index (χ4v) is 3.01. The number of benzene rings is 1. The number of carboxylic acid groups (broad SMARTS) is 1. The number of carbonyl (C=O) groups is 1.